The van der Waals surface area contributed by atoms with Crippen molar-refractivity contribution in [1.82, 2.24) is 5.32 Å². The van der Waals surface area contributed by atoms with Crippen LogP contribution >= 0.6 is 11.6 Å². The highest BCUT2D eigenvalue weighted by atomic mass is 35.5. The van der Waals surface area contributed by atoms with E-state index in [-0.39, 0.29) is 12.1 Å². The summed E-state index contributed by atoms with van der Waals surface area (Å²) >= 11 is 5.82. The van der Waals surface area contributed by atoms with Gasteiger partial charge in [-0.2, -0.15) is 0 Å². The second-order valence-electron chi connectivity index (χ2n) is 5.29. The van der Waals surface area contributed by atoms with E-state index in [2.05, 4.69) is 10.6 Å². The van der Waals surface area contributed by atoms with Gasteiger partial charge in [-0.15, -0.1) is 0 Å². The molecule has 0 unspecified atom stereocenters. The first kappa shape index (κ1) is 15.5. The fourth-order valence-electron chi connectivity index (χ4n) is 2.48. The monoisotopic (exact) mass is 332 g/mol. The zero-order valence-electron chi connectivity index (χ0n) is 12.6. The van der Waals surface area contributed by atoms with E-state index < -0.39 is 0 Å². The van der Waals surface area contributed by atoms with Gasteiger partial charge in [-0.25, -0.2) is 4.79 Å². The minimum Gasteiger partial charge on any atom is -0.497 e. The van der Waals surface area contributed by atoms with Crippen molar-refractivity contribution in [3.05, 3.63) is 53.1 Å². The summed E-state index contributed by atoms with van der Waals surface area (Å²) in [5.74, 6) is 1.61. The highest BCUT2D eigenvalue weighted by Gasteiger charge is 2.22. The van der Waals surface area contributed by atoms with Crippen molar-refractivity contribution < 1.29 is 14.3 Å². The van der Waals surface area contributed by atoms with Crippen molar-refractivity contribution >= 4 is 23.3 Å². The summed E-state index contributed by atoms with van der Waals surface area (Å²) in [5.41, 5.74) is 1.71. The zero-order valence-corrected chi connectivity index (χ0v) is 13.4. The number of hydrogen-bond acceptors (Lipinski definition) is 3. The molecule has 1 atom stereocenters. The van der Waals surface area contributed by atoms with Gasteiger partial charge in [0.2, 0.25) is 0 Å². The number of methoxy groups -OCH3 is 1. The molecule has 2 aromatic rings. The number of urea groups is 1. The number of nitrogens with one attached hydrogen (secondary N) is 2. The summed E-state index contributed by atoms with van der Waals surface area (Å²) in [6.45, 7) is 0.438. The first-order chi connectivity index (χ1) is 11.1. The van der Waals surface area contributed by atoms with Crippen molar-refractivity contribution in [2.24, 2.45) is 0 Å². The molecule has 2 amide bonds. The lowest BCUT2D eigenvalue weighted by molar-refractivity contribution is 0.222. The van der Waals surface area contributed by atoms with Gasteiger partial charge < -0.3 is 20.1 Å². The molecular weight excluding hydrogens is 316 g/mol. The summed E-state index contributed by atoms with van der Waals surface area (Å²) in [5, 5.41) is 6.31. The molecule has 0 fully saturated rings. The molecule has 5 nitrogen and oxygen atoms in total. The molecule has 2 aromatic carbocycles. The third kappa shape index (κ3) is 3.87. The number of rotatable bonds is 3. The predicted octanol–water partition coefficient (Wildman–Crippen LogP) is 3.47. The van der Waals surface area contributed by atoms with E-state index in [0.29, 0.717) is 23.7 Å². The van der Waals surface area contributed by atoms with Gasteiger partial charge in [-0.1, -0.05) is 11.6 Å². The molecule has 23 heavy (non-hydrogen) atoms. The Balaban J connectivity index is 1.60. The van der Waals surface area contributed by atoms with Gasteiger partial charge in [-0.3, -0.25) is 0 Å². The number of carbonyl (C=O) groups is 1. The van der Waals surface area contributed by atoms with Crippen LogP contribution in [0.5, 0.6) is 11.5 Å². The van der Waals surface area contributed by atoms with Crippen LogP contribution in [0, 0.1) is 0 Å². The number of halogens is 1. The second-order valence-corrected chi connectivity index (χ2v) is 5.73. The average Bonchev–Trinajstić information content (AvgIpc) is 2.56. The number of hydrogen-bond donors (Lipinski definition) is 2. The lowest BCUT2D eigenvalue weighted by atomic mass is 10.0. The van der Waals surface area contributed by atoms with E-state index in [1.54, 1.807) is 31.4 Å². The van der Waals surface area contributed by atoms with Crippen molar-refractivity contribution in [2.75, 3.05) is 19.0 Å². The largest absolute Gasteiger partial charge is 0.497 e. The Hall–Kier alpha value is -2.40. The molecule has 1 aliphatic heterocycles. The van der Waals surface area contributed by atoms with E-state index in [1.165, 1.54) is 0 Å². The Morgan fingerprint density at radius 2 is 2.04 bits per heavy atom. The van der Waals surface area contributed by atoms with Gasteiger partial charge in [0, 0.05) is 10.7 Å². The van der Waals surface area contributed by atoms with E-state index in [1.807, 2.05) is 18.2 Å². The van der Waals surface area contributed by atoms with Crippen molar-refractivity contribution in [1.29, 1.82) is 0 Å². The molecule has 0 spiro atoms. The maximum atomic E-state index is 12.1. The first-order valence-electron chi connectivity index (χ1n) is 7.27. The smallest absolute Gasteiger partial charge is 0.319 e. The molecule has 0 bridgehead atoms. The predicted molar refractivity (Wildman–Crippen MR) is 89.6 cm³/mol. The SMILES string of the molecule is COc1ccc2c(c1)C[C@H](NC(=O)Nc1ccc(Cl)cc1)CO2. The molecule has 3 rings (SSSR count). The topological polar surface area (TPSA) is 59.6 Å². The summed E-state index contributed by atoms with van der Waals surface area (Å²) in [7, 11) is 1.63. The molecule has 2 N–H and O–H groups in total. The quantitative estimate of drug-likeness (QED) is 0.904. The van der Waals surface area contributed by atoms with Crippen LogP contribution in [0.1, 0.15) is 5.56 Å². The molecular formula is C17H17ClN2O3. The van der Waals surface area contributed by atoms with E-state index in [0.717, 1.165) is 17.1 Å². The molecule has 0 aliphatic carbocycles. The minimum atomic E-state index is -0.271. The lowest BCUT2D eigenvalue weighted by Gasteiger charge is -2.26. The third-order valence-corrected chi connectivity index (χ3v) is 3.86. The van der Waals surface area contributed by atoms with Crippen LogP contribution in [0.3, 0.4) is 0 Å². The van der Waals surface area contributed by atoms with Gasteiger partial charge in [0.05, 0.1) is 13.2 Å². The summed E-state index contributed by atoms with van der Waals surface area (Å²) in [6, 6.07) is 12.3. The summed E-state index contributed by atoms with van der Waals surface area (Å²) in [4.78, 5) is 12.1. The normalized spacial score (nSPS) is 16.0. The zero-order chi connectivity index (χ0) is 16.2. The van der Waals surface area contributed by atoms with Crippen LogP contribution < -0.4 is 20.1 Å². The number of anilines is 1. The van der Waals surface area contributed by atoms with Gasteiger partial charge in [0.1, 0.15) is 18.1 Å². The summed E-state index contributed by atoms with van der Waals surface area (Å²) in [6.07, 6.45) is 0.695. The highest BCUT2D eigenvalue weighted by molar-refractivity contribution is 6.30. The molecule has 0 radical (unpaired) electrons. The third-order valence-electron chi connectivity index (χ3n) is 3.61. The van der Waals surface area contributed by atoms with Crippen LogP contribution in [0.2, 0.25) is 5.02 Å². The Morgan fingerprint density at radius 1 is 1.26 bits per heavy atom. The van der Waals surface area contributed by atoms with Gasteiger partial charge in [0.25, 0.3) is 0 Å². The summed E-state index contributed by atoms with van der Waals surface area (Å²) < 4.78 is 10.9. The first-order valence-corrected chi connectivity index (χ1v) is 7.64. The van der Waals surface area contributed by atoms with Crippen LogP contribution in [-0.4, -0.2) is 25.8 Å². The van der Waals surface area contributed by atoms with Crippen LogP contribution in [0.4, 0.5) is 10.5 Å². The van der Waals surface area contributed by atoms with Crippen LogP contribution in [0.25, 0.3) is 0 Å². The highest BCUT2D eigenvalue weighted by Crippen LogP contribution is 2.28. The number of ether oxygens (including phenoxy) is 2. The maximum absolute atomic E-state index is 12.1. The average molecular weight is 333 g/mol. The van der Waals surface area contributed by atoms with Gasteiger partial charge >= 0.3 is 6.03 Å². The van der Waals surface area contributed by atoms with E-state index in [4.69, 9.17) is 21.1 Å². The second kappa shape index (κ2) is 6.79. The van der Waals surface area contributed by atoms with Gasteiger partial charge in [-0.05, 0) is 54.4 Å². The van der Waals surface area contributed by atoms with Crippen LogP contribution in [-0.2, 0) is 6.42 Å². The minimum absolute atomic E-state index is 0.0955. The van der Waals surface area contributed by atoms with Crippen molar-refractivity contribution in [3.63, 3.8) is 0 Å². The van der Waals surface area contributed by atoms with Gasteiger partial charge in [0.15, 0.2) is 0 Å². The molecule has 0 aromatic heterocycles. The Bertz CT molecular complexity index is 703. The number of fused-ring (bicyclic) bond motifs is 1. The van der Waals surface area contributed by atoms with E-state index >= 15 is 0 Å². The molecule has 1 aliphatic rings. The van der Waals surface area contributed by atoms with Crippen LogP contribution in [0.15, 0.2) is 42.5 Å². The number of benzene rings is 2. The fraction of sp³-hybridized carbons (Fsp3) is 0.235. The Labute approximate surface area is 139 Å². The van der Waals surface area contributed by atoms with Crippen molar-refractivity contribution in [3.8, 4) is 11.5 Å². The molecule has 6 heteroatoms. The van der Waals surface area contributed by atoms with E-state index in [9.17, 15) is 4.79 Å². The number of carbonyl (C=O) groups excluding carboxylic acids is 1. The molecule has 0 saturated carbocycles. The Morgan fingerprint density at radius 3 is 2.78 bits per heavy atom. The molecule has 1 heterocycles. The standard InChI is InChI=1S/C17H17ClN2O3/c1-22-15-6-7-16-11(9-15)8-14(10-23-16)20-17(21)19-13-4-2-12(18)3-5-13/h2-7,9,14H,8,10H2,1H3,(H2,19,20,21)/t14-/m0/s1. The lowest BCUT2D eigenvalue weighted by Crippen LogP contribution is -2.44. The van der Waals surface area contributed by atoms with Crippen molar-refractivity contribution in [2.45, 2.75) is 12.5 Å². The molecule has 0 saturated heterocycles. The number of amides is 2. The maximum Gasteiger partial charge on any atom is 0.319 e. The Kier molecular flexibility index (Phi) is 4.57. The fourth-order valence-corrected chi connectivity index (χ4v) is 2.60. The molecule has 120 valence electrons.